The largest absolute Gasteiger partial charge is 0.437 e. The first-order valence-corrected chi connectivity index (χ1v) is 11.5. The van der Waals surface area contributed by atoms with E-state index in [4.69, 9.17) is 14.9 Å². The zero-order valence-corrected chi connectivity index (χ0v) is 20.1. The molecular weight excluding hydrogens is 416 g/mol. The minimum atomic E-state index is -2.44. The van der Waals surface area contributed by atoms with E-state index in [1.807, 2.05) is 50.5 Å². The minimum Gasteiger partial charge on any atom is -0.437 e. The van der Waals surface area contributed by atoms with Crippen LogP contribution in [-0.4, -0.2) is 4.98 Å². The van der Waals surface area contributed by atoms with Crippen molar-refractivity contribution in [2.75, 3.05) is 0 Å². The van der Waals surface area contributed by atoms with Gasteiger partial charge in [0.1, 0.15) is 7.05 Å². The van der Waals surface area contributed by atoms with Gasteiger partial charge in [-0.2, -0.15) is 0 Å². The second kappa shape index (κ2) is 7.39. The molecule has 3 heteroatoms. The molecule has 3 heterocycles. The van der Waals surface area contributed by atoms with Crippen LogP contribution in [0.25, 0.3) is 54.9 Å². The molecule has 0 bridgehead atoms. The second-order valence-corrected chi connectivity index (χ2v) is 9.30. The van der Waals surface area contributed by atoms with Crippen LogP contribution in [0.15, 0.2) is 65.2 Å². The highest BCUT2D eigenvalue weighted by atomic mass is 16.3. The molecule has 6 rings (SSSR count). The Morgan fingerprint density at radius 3 is 2.56 bits per heavy atom. The average Bonchev–Trinajstić information content (AvgIpc) is 3.22. The van der Waals surface area contributed by atoms with Crippen LogP contribution in [0.3, 0.4) is 0 Å². The maximum atomic E-state index is 8.58. The van der Waals surface area contributed by atoms with Gasteiger partial charge in [-0.15, -0.1) is 0 Å². The number of aromatic nitrogens is 2. The average molecular weight is 450 g/mol. The van der Waals surface area contributed by atoms with Crippen molar-refractivity contribution in [1.29, 1.82) is 0 Å². The summed E-state index contributed by atoms with van der Waals surface area (Å²) >= 11 is 0. The van der Waals surface area contributed by atoms with Crippen LogP contribution in [-0.2, 0) is 7.05 Å². The van der Waals surface area contributed by atoms with Gasteiger partial charge in [0.05, 0.1) is 16.3 Å². The highest BCUT2D eigenvalue weighted by molar-refractivity contribution is 6.21. The number of fused-ring (bicyclic) bond motifs is 6. The molecule has 0 aliphatic carbocycles. The number of hydrogen-bond acceptors (Lipinski definition) is 2. The van der Waals surface area contributed by atoms with Gasteiger partial charge in [0.2, 0.25) is 11.4 Å². The molecule has 0 fully saturated rings. The normalized spacial score (nSPS) is 15.9. The summed E-state index contributed by atoms with van der Waals surface area (Å²) in [5.41, 5.74) is 7.02. The summed E-state index contributed by atoms with van der Waals surface area (Å²) in [5, 5.41) is 6.11. The van der Waals surface area contributed by atoms with Gasteiger partial charge in [-0.25, -0.2) is 9.55 Å². The van der Waals surface area contributed by atoms with E-state index in [1.54, 1.807) is 6.07 Å². The van der Waals surface area contributed by atoms with E-state index in [-0.39, 0.29) is 0 Å². The van der Waals surface area contributed by atoms with E-state index in [0.717, 1.165) is 66.0 Å². The summed E-state index contributed by atoms with van der Waals surface area (Å²) in [6, 6.07) is 18.0. The topological polar surface area (TPSA) is 29.9 Å². The zero-order chi connectivity index (χ0) is 27.1. The lowest BCUT2D eigenvalue weighted by Crippen LogP contribution is -2.31. The second-order valence-electron chi connectivity index (χ2n) is 9.30. The lowest BCUT2D eigenvalue weighted by molar-refractivity contribution is -0.659. The molecule has 0 aliphatic heterocycles. The number of pyridine rings is 2. The third-order valence-electron chi connectivity index (χ3n) is 7.14. The van der Waals surface area contributed by atoms with Crippen molar-refractivity contribution in [1.82, 2.24) is 4.98 Å². The molecular formula is C31H29N2O+. The Labute approximate surface area is 205 Å². The molecule has 1 atom stereocenters. The molecule has 0 spiro atoms. The van der Waals surface area contributed by atoms with Gasteiger partial charge < -0.3 is 4.42 Å². The van der Waals surface area contributed by atoms with Crippen molar-refractivity contribution in [2.24, 2.45) is 7.05 Å². The Hall–Kier alpha value is -3.72. The molecule has 3 nitrogen and oxygen atoms in total. The number of aryl methyl sites for hydroxylation is 3. The van der Waals surface area contributed by atoms with Crippen LogP contribution >= 0.6 is 0 Å². The quantitative estimate of drug-likeness (QED) is 0.252. The van der Waals surface area contributed by atoms with E-state index in [2.05, 4.69) is 36.6 Å². The van der Waals surface area contributed by atoms with Crippen LogP contribution in [0, 0.1) is 20.8 Å². The van der Waals surface area contributed by atoms with Gasteiger partial charge in [0, 0.05) is 28.0 Å². The van der Waals surface area contributed by atoms with Gasteiger partial charge in [-0.1, -0.05) is 50.2 Å². The third kappa shape index (κ3) is 2.89. The number of furan rings is 1. The van der Waals surface area contributed by atoms with Crippen LogP contribution in [0.2, 0.25) is 0 Å². The smallest absolute Gasteiger partial charge is 0.228 e. The van der Waals surface area contributed by atoms with Gasteiger partial charge >= 0.3 is 0 Å². The van der Waals surface area contributed by atoms with E-state index in [1.165, 1.54) is 6.92 Å². The standard InChI is InChI=1S/C31H29N2O/c1-17(2)21-11-12-24-22(16-21)13-14-33(6)29(24)27-19(4)18(3)15-26-28-25-10-8-7-9-23(25)20(5)32-31(28)34-30(26)27/h7-17H,1-6H3/q+1/i1D3,17D. The highest BCUT2D eigenvalue weighted by Crippen LogP contribution is 2.42. The van der Waals surface area contributed by atoms with Gasteiger partial charge in [-0.3, -0.25) is 0 Å². The van der Waals surface area contributed by atoms with Crippen LogP contribution < -0.4 is 4.57 Å². The Balaban J connectivity index is 1.72. The molecule has 0 radical (unpaired) electrons. The summed E-state index contributed by atoms with van der Waals surface area (Å²) < 4.78 is 40.9. The van der Waals surface area contributed by atoms with Crippen molar-refractivity contribution >= 4 is 43.6 Å². The third-order valence-corrected chi connectivity index (χ3v) is 7.14. The molecule has 0 saturated heterocycles. The summed E-state index contributed by atoms with van der Waals surface area (Å²) in [5.74, 6) is -1.71. The van der Waals surface area contributed by atoms with E-state index >= 15 is 0 Å². The van der Waals surface area contributed by atoms with Crippen molar-refractivity contribution in [3.05, 3.63) is 83.2 Å². The van der Waals surface area contributed by atoms with Crippen LogP contribution in [0.1, 0.15) is 47.5 Å². The lowest BCUT2D eigenvalue weighted by atomic mass is 9.92. The molecule has 0 N–H and O–H groups in total. The van der Waals surface area contributed by atoms with Crippen LogP contribution in [0.4, 0.5) is 0 Å². The predicted octanol–water partition coefficient (Wildman–Crippen LogP) is 7.83. The summed E-state index contributed by atoms with van der Waals surface area (Å²) in [4.78, 5) is 4.83. The molecule has 0 amide bonds. The van der Waals surface area contributed by atoms with Crippen molar-refractivity contribution in [3.8, 4) is 11.3 Å². The van der Waals surface area contributed by atoms with E-state index in [9.17, 15) is 0 Å². The van der Waals surface area contributed by atoms with Gasteiger partial charge in [-0.05, 0) is 66.3 Å². The van der Waals surface area contributed by atoms with Crippen molar-refractivity contribution in [3.63, 3.8) is 0 Å². The minimum absolute atomic E-state index is 0.464. The monoisotopic (exact) mass is 449 g/mol. The fourth-order valence-electron chi connectivity index (χ4n) is 5.22. The first kappa shape index (κ1) is 16.8. The SMILES string of the molecule is [2H]C([2H])([2H])C([2H])(C)c1ccc2c(-c3c(C)c(C)cc4c3oc3nc(C)c5ccccc5c34)[n+](C)ccc2c1. The maximum absolute atomic E-state index is 8.58. The summed E-state index contributed by atoms with van der Waals surface area (Å²) in [7, 11) is 2.01. The molecule has 6 aromatic rings. The fourth-order valence-corrected chi connectivity index (χ4v) is 5.22. The zero-order valence-electron chi connectivity index (χ0n) is 24.1. The Kier molecular flexibility index (Phi) is 3.66. The molecule has 3 aromatic carbocycles. The first-order valence-electron chi connectivity index (χ1n) is 13.5. The predicted molar refractivity (Wildman–Crippen MR) is 141 cm³/mol. The maximum Gasteiger partial charge on any atom is 0.228 e. The molecule has 168 valence electrons. The number of rotatable bonds is 2. The molecule has 3 aromatic heterocycles. The highest BCUT2D eigenvalue weighted by Gasteiger charge is 2.26. The van der Waals surface area contributed by atoms with Gasteiger partial charge in [0.25, 0.3) is 0 Å². The summed E-state index contributed by atoms with van der Waals surface area (Å²) in [6.45, 7) is 5.24. The summed E-state index contributed by atoms with van der Waals surface area (Å²) in [6.07, 6.45) is 1.98. The Morgan fingerprint density at radius 1 is 0.971 bits per heavy atom. The molecule has 0 saturated carbocycles. The number of benzene rings is 3. The fraction of sp³-hybridized carbons (Fsp3) is 0.226. The lowest BCUT2D eigenvalue weighted by Gasteiger charge is -2.12. The molecule has 34 heavy (non-hydrogen) atoms. The number of nitrogens with zero attached hydrogens (tertiary/aromatic N) is 2. The molecule has 1 unspecified atom stereocenters. The van der Waals surface area contributed by atoms with Crippen molar-refractivity contribution in [2.45, 2.75) is 40.4 Å². The van der Waals surface area contributed by atoms with Crippen LogP contribution in [0.5, 0.6) is 0 Å². The molecule has 0 aliphatic rings. The van der Waals surface area contributed by atoms with Crippen molar-refractivity contribution < 1.29 is 14.5 Å². The number of hydrogen-bond donors (Lipinski definition) is 0. The first-order chi connectivity index (χ1) is 17.9. The van der Waals surface area contributed by atoms with E-state index in [0.29, 0.717) is 11.3 Å². The van der Waals surface area contributed by atoms with E-state index < -0.39 is 12.7 Å². The Morgan fingerprint density at radius 2 is 1.76 bits per heavy atom. The van der Waals surface area contributed by atoms with Gasteiger partial charge in [0.15, 0.2) is 11.8 Å². The Bertz CT molecular complexity index is 1930.